The summed E-state index contributed by atoms with van der Waals surface area (Å²) in [6.45, 7) is 0. The Morgan fingerprint density at radius 2 is 1.39 bits per heavy atom. The Bertz CT molecular complexity index is 2830. The van der Waals surface area contributed by atoms with Crippen LogP contribution in [0.4, 0.5) is 0 Å². The molecule has 4 nitrogen and oxygen atoms in total. The van der Waals surface area contributed by atoms with Crippen molar-refractivity contribution in [3.05, 3.63) is 176 Å². The van der Waals surface area contributed by atoms with Crippen molar-refractivity contribution in [3.8, 4) is 50.6 Å². The molecule has 0 fully saturated rings. The first-order chi connectivity index (χ1) is 24.8. The number of furan rings is 1. The van der Waals surface area contributed by atoms with Crippen LogP contribution in [0, 0.1) is 12.1 Å². The van der Waals surface area contributed by atoms with Gasteiger partial charge in [-0.1, -0.05) is 95.9 Å². The molecule has 7 aromatic carbocycles. The number of nitrogens with zero attached hydrogens (tertiary/aromatic N) is 3. The number of fused-ring (bicyclic) bond motifs is 7. The van der Waals surface area contributed by atoms with Gasteiger partial charge in [0.1, 0.15) is 5.58 Å². The zero-order chi connectivity index (χ0) is 33.0. The Morgan fingerprint density at radius 3 is 2.24 bits per heavy atom. The summed E-state index contributed by atoms with van der Waals surface area (Å²) in [5.41, 5.74) is 12.7. The fourth-order valence-electron chi connectivity index (χ4n) is 7.31. The average Bonchev–Trinajstić information content (AvgIpc) is 3.87. The van der Waals surface area contributed by atoms with Crippen molar-refractivity contribution in [2.75, 3.05) is 0 Å². The Balaban J connectivity index is 0.000000228. The molecule has 0 aliphatic heterocycles. The summed E-state index contributed by atoms with van der Waals surface area (Å²) < 4.78 is 8.64. The molecule has 11 rings (SSSR count). The number of hydrogen-bond donors (Lipinski definition) is 0. The molecule has 0 saturated carbocycles. The number of pyridine rings is 1. The minimum absolute atomic E-state index is 0. The van der Waals surface area contributed by atoms with Crippen LogP contribution in [0.2, 0.25) is 0 Å². The van der Waals surface area contributed by atoms with Gasteiger partial charge in [0, 0.05) is 37.4 Å². The summed E-state index contributed by atoms with van der Waals surface area (Å²) in [6, 6.07) is 60.7. The van der Waals surface area contributed by atoms with Gasteiger partial charge in [0.05, 0.1) is 22.4 Å². The molecule has 1 aliphatic carbocycles. The molecule has 3 aromatic heterocycles. The molecule has 1 radical (unpaired) electrons. The predicted molar refractivity (Wildman–Crippen MR) is 203 cm³/mol. The summed E-state index contributed by atoms with van der Waals surface area (Å²) in [5, 5.41) is 4.78. The first kappa shape index (κ1) is 30.9. The summed E-state index contributed by atoms with van der Waals surface area (Å²) in [7, 11) is 0. The molecule has 5 heteroatoms. The number of hydrogen-bond acceptors (Lipinski definition) is 3. The summed E-state index contributed by atoms with van der Waals surface area (Å²) in [6.07, 6.45) is 1.79. The molecule has 3 heterocycles. The Morgan fingerprint density at radius 1 is 0.588 bits per heavy atom. The zero-order valence-corrected chi connectivity index (χ0v) is 29.6. The van der Waals surface area contributed by atoms with Gasteiger partial charge < -0.3 is 14.0 Å². The van der Waals surface area contributed by atoms with Crippen molar-refractivity contribution < 1.29 is 24.5 Å². The first-order valence-corrected chi connectivity index (χ1v) is 16.7. The van der Waals surface area contributed by atoms with Gasteiger partial charge in [0.25, 0.3) is 0 Å². The third-order valence-electron chi connectivity index (χ3n) is 9.52. The monoisotopic (exact) mass is 830 g/mol. The van der Waals surface area contributed by atoms with E-state index in [4.69, 9.17) is 9.40 Å². The van der Waals surface area contributed by atoms with Crippen LogP contribution in [0.5, 0.6) is 0 Å². The van der Waals surface area contributed by atoms with E-state index >= 15 is 0 Å². The van der Waals surface area contributed by atoms with E-state index in [9.17, 15) is 0 Å². The van der Waals surface area contributed by atoms with E-state index in [1.54, 1.807) is 6.20 Å². The fraction of sp³-hybridized carbons (Fsp3) is 0. The third kappa shape index (κ3) is 5.09. The summed E-state index contributed by atoms with van der Waals surface area (Å²) in [4.78, 5) is 9.34. The van der Waals surface area contributed by atoms with Gasteiger partial charge in [-0.05, 0) is 75.1 Å². The second-order valence-electron chi connectivity index (χ2n) is 12.4. The topological polar surface area (TPSA) is 43.9 Å². The maximum Gasteiger partial charge on any atom is 0.120 e. The first-order valence-electron chi connectivity index (χ1n) is 16.7. The maximum atomic E-state index is 6.40. The quantitative estimate of drug-likeness (QED) is 0.167. The Hall–Kier alpha value is -6.13. The minimum atomic E-state index is 0. The van der Waals surface area contributed by atoms with Crippen LogP contribution < -0.4 is 0 Å². The van der Waals surface area contributed by atoms with E-state index in [-0.39, 0.29) is 20.1 Å². The molecule has 0 saturated heterocycles. The van der Waals surface area contributed by atoms with Crippen LogP contribution in [0.1, 0.15) is 0 Å². The molecule has 0 unspecified atom stereocenters. The average molecular weight is 830 g/mol. The molecule has 0 N–H and O–H groups in total. The molecule has 1 aliphatic rings. The molecule has 51 heavy (non-hydrogen) atoms. The van der Waals surface area contributed by atoms with Gasteiger partial charge >= 0.3 is 0 Å². The van der Waals surface area contributed by atoms with E-state index in [1.807, 2.05) is 72.8 Å². The van der Waals surface area contributed by atoms with Crippen molar-refractivity contribution in [1.29, 1.82) is 0 Å². The fourth-order valence-corrected chi connectivity index (χ4v) is 7.31. The molecule has 243 valence electrons. The van der Waals surface area contributed by atoms with E-state index in [1.165, 1.54) is 33.0 Å². The van der Waals surface area contributed by atoms with Crippen LogP contribution in [-0.4, -0.2) is 14.5 Å². The number of para-hydroxylation sites is 3. The van der Waals surface area contributed by atoms with Crippen LogP contribution in [0.25, 0.3) is 94.3 Å². The van der Waals surface area contributed by atoms with Crippen LogP contribution in [0.15, 0.2) is 168 Å². The van der Waals surface area contributed by atoms with Gasteiger partial charge in [-0.3, -0.25) is 4.98 Å². The normalized spacial score (nSPS) is 11.4. The Kier molecular flexibility index (Phi) is 7.66. The summed E-state index contributed by atoms with van der Waals surface area (Å²) in [5.74, 6) is 0.824. The largest absolute Gasteiger partial charge is 0.501 e. The molecule has 0 atom stereocenters. The van der Waals surface area contributed by atoms with E-state index in [0.29, 0.717) is 0 Å². The number of aromatic nitrogens is 3. The van der Waals surface area contributed by atoms with Gasteiger partial charge in [0.15, 0.2) is 0 Å². The molecular formula is C46H27IrN3O-2. The molecular weight excluding hydrogens is 803 g/mol. The van der Waals surface area contributed by atoms with E-state index in [0.717, 1.165) is 61.3 Å². The van der Waals surface area contributed by atoms with Crippen molar-refractivity contribution >= 4 is 43.7 Å². The second-order valence-corrected chi connectivity index (χ2v) is 12.4. The number of benzene rings is 7. The molecule has 10 aromatic rings. The van der Waals surface area contributed by atoms with Crippen molar-refractivity contribution in [3.63, 3.8) is 0 Å². The van der Waals surface area contributed by atoms with Crippen LogP contribution >= 0.6 is 0 Å². The molecule has 0 spiro atoms. The van der Waals surface area contributed by atoms with Gasteiger partial charge in [0.2, 0.25) is 0 Å². The third-order valence-corrected chi connectivity index (χ3v) is 9.52. The van der Waals surface area contributed by atoms with Crippen LogP contribution in [-0.2, 0) is 20.1 Å². The zero-order valence-electron chi connectivity index (χ0n) is 27.2. The minimum Gasteiger partial charge on any atom is -0.501 e. The number of imidazole rings is 1. The van der Waals surface area contributed by atoms with Gasteiger partial charge in [-0.15, -0.1) is 54.1 Å². The van der Waals surface area contributed by atoms with E-state index < -0.39 is 0 Å². The SMILES string of the molecule is [Ir].[c-]1ccc2c(oc3ccccc32)c1-c1nc2ccccc2n1-c1ccc2c(c1)-c1cccc3cccc-2c13.[c-]1ccccc1-c1ccccn1. The molecule has 0 bridgehead atoms. The summed E-state index contributed by atoms with van der Waals surface area (Å²) >= 11 is 0. The van der Waals surface area contributed by atoms with E-state index in [2.05, 4.69) is 107 Å². The molecule has 0 amide bonds. The predicted octanol–water partition coefficient (Wildman–Crippen LogP) is 11.7. The van der Waals surface area contributed by atoms with Crippen molar-refractivity contribution in [2.24, 2.45) is 0 Å². The maximum absolute atomic E-state index is 6.40. The standard InChI is InChI=1S/C35H19N2O.C11H8N.Ir/c1-4-17-32-24(10-1)27-13-7-14-28(34(27)38-32)35-36-30-15-2-3-16-31(30)37(35)22-18-19-23-25-11-5-8-21-9-6-12-26(33(21)25)29(23)20-22;1-2-6-10(7-3-1)11-8-4-5-9-12-11;/h1-13,15-20H;1-6,8-9H;/q2*-1;. The van der Waals surface area contributed by atoms with Gasteiger partial charge in [-0.2, -0.15) is 0 Å². The Labute approximate surface area is 308 Å². The second kappa shape index (κ2) is 12.6. The smallest absolute Gasteiger partial charge is 0.120 e. The van der Waals surface area contributed by atoms with Crippen LogP contribution in [0.3, 0.4) is 0 Å². The van der Waals surface area contributed by atoms with Crippen molar-refractivity contribution in [2.45, 2.75) is 0 Å². The van der Waals surface area contributed by atoms with Gasteiger partial charge in [-0.25, -0.2) is 0 Å². The number of rotatable bonds is 3. The van der Waals surface area contributed by atoms with Crippen molar-refractivity contribution in [1.82, 2.24) is 14.5 Å².